The van der Waals surface area contributed by atoms with Gasteiger partial charge in [-0.15, -0.1) is 11.3 Å². The number of hydrogen-bond acceptors (Lipinski definition) is 4. The van der Waals surface area contributed by atoms with Crippen molar-refractivity contribution in [2.24, 2.45) is 0 Å². The summed E-state index contributed by atoms with van der Waals surface area (Å²) in [5.41, 5.74) is 3.86. The maximum Gasteiger partial charge on any atom is 0.131 e. The third kappa shape index (κ3) is 3.05. The molecule has 1 aromatic heterocycles. The molecule has 1 heterocycles. The number of ether oxygens (including phenoxy) is 1. The maximum atomic E-state index is 8.78. The number of hydrogen-bond donors (Lipinski definition) is 1. The van der Waals surface area contributed by atoms with Gasteiger partial charge in [0.15, 0.2) is 0 Å². The zero-order valence-corrected chi connectivity index (χ0v) is 9.61. The Morgan fingerprint density at radius 2 is 2.06 bits per heavy atom. The van der Waals surface area contributed by atoms with Crippen LogP contribution in [0.2, 0.25) is 0 Å². The first kappa shape index (κ1) is 11.1. The molecule has 0 atom stereocenters. The standard InChI is InChI=1S/C12H13NO2S/c14-6-5-10-1-3-12(4-2-10)15-7-11-8-16-9-13-11/h1-4,8-9,14H,5-7H2. The molecule has 0 amide bonds. The van der Waals surface area contributed by atoms with E-state index < -0.39 is 0 Å². The van der Waals surface area contributed by atoms with Gasteiger partial charge in [-0.1, -0.05) is 12.1 Å². The van der Waals surface area contributed by atoms with Crippen LogP contribution in [0.5, 0.6) is 5.75 Å². The SMILES string of the molecule is OCCc1ccc(OCc2cscn2)cc1. The minimum Gasteiger partial charge on any atom is -0.487 e. The molecule has 2 aromatic rings. The average molecular weight is 235 g/mol. The molecule has 2 rings (SSSR count). The van der Waals surface area contributed by atoms with E-state index in [1.807, 2.05) is 29.6 Å². The van der Waals surface area contributed by atoms with Gasteiger partial charge in [0, 0.05) is 12.0 Å². The molecule has 0 unspecified atom stereocenters. The monoisotopic (exact) mass is 235 g/mol. The van der Waals surface area contributed by atoms with Crippen LogP contribution < -0.4 is 4.74 Å². The van der Waals surface area contributed by atoms with E-state index in [-0.39, 0.29) is 6.61 Å². The van der Waals surface area contributed by atoms with Crippen molar-refractivity contribution in [1.82, 2.24) is 4.98 Å². The van der Waals surface area contributed by atoms with Crippen LogP contribution in [0.15, 0.2) is 35.2 Å². The largest absolute Gasteiger partial charge is 0.487 e. The lowest BCUT2D eigenvalue weighted by molar-refractivity contribution is 0.297. The summed E-state index contributed by atoms with van der Waals surface area (Å²) in [7, 11) is 0. The van der Waals surface area contributed by atoms with E-state index in [2.05, 4.69) is 4.98 Å². The smallest absolute Gasteiger partial charge is 0.131 e. The molecule has 84 valence electrons. The minimum atomic E-state index is 0.180. The van der Waals surface area contributed by atoms with Crippen molar-refractivity contribution in [2.75, 3.05) is 6.61 Å². The molecule has 0 saturated heterocycles. The highest BCUT2D eigenvalue weighted by atomic mass is 32.1. The van der Waals surface area contributed by atoms with Gasteiger partial charge in [-0.25, -0.2) is 4.98 Å². The molecule has 0 fully saturated rings. The summed E-state index contributed by atoms with van der Waals surface area (Å²) >= 11 is 1.56. The number of nitrogens with zero attached hydrogens (tertiary/aromatic N) is 1. The van der Waals surface area contributed by atoms with Crippen LogP contribution in [-0.4, -0.2) is 16.7 Å². The highest BCUT2D eigenvalue weighted by Gasteiger charge is 1.98. The summed E-state index contributed by atoms with van der Waals surface area (Å²) in [6.07, 6.45) is 0.687. The number of aromatic nitrogens is 1. The number of rotatable bonds is 5. The van der Waals surface area contributed by atoms with Crippen LogP contribution in [0.3, 0.4) is 0 Å². The second-order valence-corrected chi connectivity index (χ2v) is 4.10. The molecular weight excluding hydrogens is 222 g/mol. The number of benzene rings is 1. The van der Waals surface area contributed by atoms with Crippen LogP contribution in [0.1, 0.15) is 11.3 Å². The summed E-state index contributed by atoms with van der Waals surface area (Å²) in [6, 6.07) is 7.76. The third-order valence-corrected chi connectivity index (χ3v) is 2.83. The predicted molar refractivity (Wildman–Crippen MR) is 63.7 cm³/mol. The highest BCUT2D eigenvalue weighted by molar-refractivity contribution is 7.07. The summed E-state index contributed by atoms with van der Waals surface area (Å²) in [5, 5.41) is 10.8. The molecule has 16 heavy (non-hydrogen) atoms. The topological polar surface area (TPSA) is 42.4 Å². The van der Waals surface area contributed by atoms with Crippen LogP contribution in [-0.2, 0) is 13.0 Å². The lowest BCUT2D eigenvalue weighted by atomic mass is 10.1. The van der Waals surface area contributed by atoms with Crippen molar-refractivity contribution in [1.29, 1.82) is 0 Å². The zero-order valence-electron chi connectivity index (χ0n) is 8.80. The molecule has 0 radical (unpaired) electrons. The van der Waals surface area contributed by atoms with Crippen molar-refractivity contribution in [2.45, 2.75) is 13.0 Å². The highest BCUT2D eigenvalue weighted by Crippen LogP contribution is 2.14. The van der Waals surface area contributed by atoms with Gasteiger partial charge in [-0.2, -0.15) is 0 Å². The molecule has 0 bridgehead atoms. The van der Waals surface area contributed by atoms with Crippen LogP contribution in [0.4, 0.5) is 0 Å². The summed E-state index contributed by atoms with van der Waals surface area (Å²) < 4.78 is 5.57. The fourth-order valence-electron chi connectivity index (χ4n) is 1.35. The molecule has 0 aliphatic carbocycles. The van der Waals surface area contributed by atoms with Crippen molar-refractivity contribution in [3.05, 3.63) is 46.4 Å². The van der Waals surface area contributed by atoms with Crippen molar-refractivity contribution in [3.63, 3.8) is 0 Å². The number of aliphatic hydroxyl groups excluding tert-OH is 1. The van der Waals surface area contributed by atoms with E-state index in [4.69, 9.17) is 9.84 Å². The first-order valence-corrected chi connectivity index (χ1v) is 6.02. The number of thiazole rings is 1. The fourth-order valence-corrected chi connectivity index (χ4v) is 1.89. The first-order valence-electron chi connectivity index (χ1n) is 5.08. The minimum absolute atomic E-state index is 0.180. The van der Waals surface area contributed by atoms with E-state index in [1.54, 1.807) is 16.8 Å². The van der Waals surface area contributed by atoms with Gasteiger partial charge >= 0.3 is 0 Å². The maximum absolute atomic E-state index is 8.78. The number of aliphatic hydroxyl groups is 1. The lowest BCUT2D eigenvalue weighted by Gasteiger charge is -2.05. The fraction of sp³-hybridized carbons (Fsp3) is 0.250. The van der Waals surface area contributed by atoms with Gasteiger partial charge in [0.1, 0.15) is 12.4 Å². The Kier molecular flexibility index (Phi) is 3.91. The van der Waals surface area contributed by atoms with Gasteiger partial charge in [0.2, 0.25) is 0 Å². The van der Waals surface area contributed by atoms with Crippen LogP contribution in [0, 0.1) is 0 Å². The first-order chi connectivity index (χ1) is 7.88. The van der Waals surface area contributed by atoms with Gasteiger partial charge in [0.25, 0.3) is 0 Å². The molecule has 3 nitrogen and oxygen atoms in total. The van der Waals surface area contributed by atoms with Gasteiger partial charge in [-0.3, -0.25) is 0 Å². The Hall–Kier alpha value is -1.39. The summed E-state index contributed by atoms with van der Waals surface area (Å²) in [5.74, 6) is 0.828. The van der Waals surface area contributed by atoms with E-state index in [1.165, 1.54) is 0 Å². The second kappa shape index (κ2) is 5.63. The van der Waals surface area contributed by atoms with Crippen LogP contribution in [0.25, 0.3) is 0 Å². The molecule has 0 aliphatic rings. The Morgan fingerprint density at radius 1 is 1.25 bits per heavy atom. The van der Waals surface area contributed by atoms with Crippen molar-refractivity contribution < 1.29 is 9.84 Å². The van der Waals surface area contributed by atoms with Crippen LogP contribution >= 0.6 is 11.3 Å². The van der Waals surface area contributed by atoms with Crippen molar-refractivity contribution >= 4 is 11.3 Å². The van der Waals surface area contributed by atoms with Crippen molar-refractivity contribution in [3.8, 4) is 5.75 Å². The van der Waals surface area contributed by atoms with E-state index in [0.29, 0.717) is 13.0 Å². The second-order valence-electron chi connectivity index (χ2n) is 3.39. The molecule has 1 aromatic carbocycles. The van der Waals surface area contributed by atoms with Gasteiger partial charge in [-0.05, 0) is 24.1 Å². The third-order valence-electron chi connectivity index (χ3n) is 2.19. The normalized spacial score (nSPS) is 10.3. The molecule has 4 heteroatoms. The van der Waals surface area contributed by atoms with E-state index in [9.17, 15) is 0 Å². The molecule has 0 spiro atoms. The predicted octanol–water partition coefficient (Wildman–Crippen LogP) is 2.26. The van der Waals surface area contributed by atoms with E-state index >= 15 is 0 Å². The van der Waals surface area contributed by atoms with Gasteiger partial charge in [0.05, 0.1) is 11.2 Å². The Balaban J connectivity index is 1.90. The molecule has 1 N–H and O–H groups in total. The summed E-state index contributed by atoms with van der Waals surface area (Å²) in [4.78, 5) is 4.14. The zero-order chi connectivity index (χ0) is 11.2. The van der Waals surface area contributed by atoms with Gasteiger partial charge < -0.3 is 9.84 Å². The lowest BCUT2D eigenvalue weighted by Crippen LogP contribution is -1.96. The molecule has 0 aliphatic heterocycles. The Labute approximate surface area is 98.4 Å². The Bertz CT molecular complexity index is 411. The van der Waals surface area contributed by atoms with E-state index in [0.717, 1.165) is 17.0 Å². The molecular formula is C12H13NO2S. The molecule has 0 saturated carbocycles. The Morgan fingerprint density at radius 3 is 2.69 bits per heavy atom. The quantitative estimate of drug-likeness (QED) is 0.864. The summed E-state index contributed by atoms with van der Waals surface area (Å²) in [6.45, 7) is 0.682. The average Bonchev–Trinajstić information content (AvgIpc) is 2.82.